The highest BCUT2D eigenvalue weighted by Crippen LogP contribution is 2.24. The summed E-state index contributed by atoms with van der Waals surface area (Å²) in [5.41, 5.74) is 1.59. The van der Waals surface area contributed by atoms with Crippen molar-refractivity contribution in [3.05, 3.63) is 35.7 Å². The molecule has 0 N–H and O–H groups in total. The van der Waals surface area contributed by atoms with Crippen LogP contribution in [0, 0.1) is 0 Å². The van der Waals surface area contributed by atoms with Crippen LogP contribution >= 0.6 is 0 Å². The summed E-state index contributed by atoms with van der Waals surface area (Å²) in [4.78, 5) is 0. The number of aromatic nitrogens is 4. The smallest absolute Gasteiger partial charge is 0.197 e. The van der Waals surface area contributed by atoms with Crippen molar-refractivity contribution in [2.24, 2.45) is 0 Å². The molecule has 0 fully saturated rings. The van der Waals surface area contributed by atoms with Gasteiger partial charge in [-0.15, -0.1) is 5.10 Å². The number of hydrogen-bond acceptors (Lipinski definition) is 3. The number of alkyl halides is 3. The lowest BCUT2D eigenvalue weighted by Crippen LogP contribution is -2.16. The highest BCUT2D eigenvalue weighted by molar-refractivity contribution is 5.36. The van der Waals surface area contributed by atoms with Crippen LogP contribution in [0.5, 0.6) is 0 Å². The molecule has 0 aliphatic carbocycles. The van der Waals surface area contributed by atoms with Gasteiger partial charge < -0.3 is 0 Å². The van der Waals surface area contributed by atoms with Crippen LogP contribution < -0.4 is 0 Å². The molecule has 1 aromatic carbocycles. The summed E-state index contributed by atoms with van der Waals surface area (Å²) < 4.78 is 38.4. The summed E-state index contributed by atoms with van der Waals surface area (Å²) in [5.74, 6) is -0.221. The van der Waals surface area contributed by atoms with Gasteiger partial charge in [-0.05, 0) is 33.5 Å². The van der Waals surface area contributed by atoms with Crippen molar-refractivity contribution in [1.82, 2.24) is 20.2 Å². The molecule has 0 aliphatic rings. The minimum atomic E-state index is -4.34. The van der Waals surface area contributed by atoms with E-state index in [2.05, 4.69) is 36.3 Å². The second-order valence-electron chi connectivity index (χ2n) is 5.60. The second kappa shape index (κ2) is 4.88. The molecular weight excluding hydrogens is 269 g/mol. The average molecular weight is 284 g/mol. The van der Waals surface area contributed by atoms with E-state index in [4.69, 9.17) is 0 Å². The zero-order valence-corrected chi connectivity index (χ0v) is 11.4. The number of hydrogen-bond donors (Lipinski definition) is 0. The summed E-state index contributed by atoms with van der Waals surface area (Å²) in [6, 6.07) is 7.18. The van der Waals surface area contributed by atoms with Gasteiger partial charge in [0.15, 0.2) is 5.82 Å². The topological polar surface area (TPSA) is 43.6 Å². The first-order valence-corrected chi connectivity index (χ1v) is 6.12. The number of nitrogens with zero attached hydrogens (tertiary/aromatic N) is 4. The van der Waals surface area contributed by atoms with Gasteiger partial charge >= 0.3 is 6.18 Å². The Morgan fingerprint density at radius 3 is 2.15 bits per heavy atom. The molecule has 0 saturated heterocycles. The zero-order valence-electron chi connectivity index (χ0n) is 11.4. The lowest BCUT2D eigenvalue weighted by molar-refractivity contribution is -0.128. The number of benzene rings is 1. The van der Waals surface area contributed by atoms with E-state index >= 15 is 0 Å². The van der Waals surface area contributed by atoms with Crippen LogP contribution in [-0.4, -0.2) is 26.4 Å². The van der Waals surface area contributed by atoms with E-state index in [-0.39, 0.29) is 11.2 Å². The van der Waals surface area contributed by atoms with Crippen LogP contribution in [0.1, 0.15) is 32.2 Å². The van der Waals surface area contributed by atoms with Crippen molar-refractivity contribution < 1.29 is 13.2 Å². The molecule has 20 heavy (non-hydrogen) atoms. The van der Waals surface area contributed by atoms with Crippen LogP contribution in [0.3, 0.4) is 0 Å². The van der Waals surface area contributed by atoms with E-state index in [1.54, 1.807) is 12.1 Å². The second-order valence-corrected chi connectivity index (χ2v) is 5.60. The van der Waals surface area contributed by atoms with E-state index in [0.717, 1.165) is 10.2 Å². The van der Waals surface area contributed by atoms with Crippen molar-refractivity contribution in [3.63, 3.8) is 0 Å². The third-order valence-corrected chi connectivity index (χ3v) is 2.87. The standard InChI is InChI=1S/C13H15F3N4/c1-12(2,3)9-4-6-10(7-5-9)20-11(17-18-19-20)8-13(14,15)16/h4-7H,8H2,1-3H3. The maximum Gasteiger partial charge on any atom is 0.396 e. The van der Waals surface area contributed by atoms with E-state index < -0.39 is 12.6 Å². The van der Waals surface area contributed by atoms with Crippen molar-refractivity contribution in [2.45, 2.75) is 38.8 Å². The number of tetrazole rings is 1. The average Bonchev–Trinajstić information content (AvgIpc) is 2.73. The van der Waals surface area contributed by atoms with Crippen LogP contribution in [0.25, 0.3) is 5.69 Å². The molecular formula is C13H15F3N4. The van der Waals surface area contributed by atoms with Gasteiger partial charge in [-0.3, -0.25) is 0 Å². The van der Waals surface area contributed by atoms with Gasteiger partial charge in [-0.25, -0.2) is 0 Å². The maximum absolute atomic E-state index is 12.4. The van der Waals surface area contributed by atoms with Crippen molar-refractivity contribution in [3.8, 4) is 5.69 Å². The molecule has 0 spiro atoms. The molecule has 0 unspecified atom stereocenters. The summed E-state index contributed by atoms with van der Waals surface area (Å²) in [5, 5.41) is 10.4. The van der Waals surface area contributed by atoms with Gasteiger partial charge in [-0.1, -0.05) is 32.9 Å². The fraction of sp³-hybridized carbons (Fsp3) is 0.462. The molecule has 0 atom stereocenters. The molecule has 7 heteroatoms. The van der Waals surface area contributed by atoms with Crippen molar-refractivity contribution >= 4 is 0 Å². The molecule has 1 heterocycles. The quantitative estimate of drug-likeness (QED) is 0.851. The predicted octanol–water partition coefficient (Wildman–Crippen LogP) is 3.06. The third-order valence-electron chi connectivity index (χ3n) is 2.87. The monoisotopic (exact) mass is 284 g/mol. The Hall–Kier alpha value is -1.92. The fourth-order valence-electron chi connectivity index (χ4n) is 1.80. The highest BCUT2D eigenvalue weighted by Gasteiger charge is 2.31. The molecule has 0 aliphatic heterocycles. The van der Waals surface area contributed by atoms with Gasteiger partial charge in [0.1, 0.15) is 6.42 Å². The normalized spacial score (nSPS) is 12.7. The fourth-order valence-corrected chi connectivity index (χ4v) is 1.80. The summed E-state index contributed by atoms with van der Waals surface area (Å²) in [6.07, 6.45) is -5.49. The summed E-state index contributed by atoms with van der Waals surface area (Å²) >= 11 is 0. The van der Waals surface area contributed by atoms with Gasteiger partial charge in [0.25, 0.3) is 0 Å². The summed E-state index contributed by atoms with van der Waals surface area (Å²) in [7, 11) is 0. The first kappa shape index (κ1) is 14.5. The molecule has 2 aromatic rings. The van der Waals surface area contributed by atoms with Crippen LogP contribution in [0.4, 0.5) is 13.2 Å². The van der Waals surface area contributed by atoms with Crippen LogP contribution in [0.15, 0.2) is 24.3 Å². The predicted molar refractivity (Wildman–Crippen MR) is 67.6 cm³/mol. The Kier molecular flexibility index (Phi) is 3.54. The minimum absolute atomic E-state index is 0.0199. The Morgan fingerprint density at radius 2 is 1.65 bits per heavy atom. The maximum atomic E-state index is 12.4. The Labute approximate surface area is 114 Å². The van der Waals surface area contributed by atoms with Gasteiger partial charge in [0.2, 0.25) is 0 Å². The molecule has 0 bridgehead atoms. The van der Waals surface area contributed by atoms with Gasteiger partial charge in [0.05, 0.1) is 5.69 Å². The first-order chi connectivity index (χ1) is 9.17. The lowest BCUT2D eigenvalue weighted by atomic mass is 9.87. The minimum Gasteiger partial charge on any atom is -0.197 e. The highest BCUT2D eigenvalue weighted by atomic mass is 19.4. The van der Waals surface area contributed by atoms with Gasteiger partial charge in [0, 0.05) is 0 Å². The van der Waals surface area contributed by atoms with Crippen LogP contribution in [0.2, 0.25) is 0 Å². The lowest BCUT2D eigenvalue weighted by Gasteiger charge is -2.19. The third kappa shape index (κ3) is 3.34. The molecule has 0 saturated carbocycles. The van der Waals surface area contributed by atoms with Gasteiger partial charge in [-0.2, -0.15) is 17.9 Å². The van der Waals surface area contributed by atoms with E-state index in [1.165, 1.54) is 0 Å². The van der Waals surface area contributed by atoms with Crippen molar-refractivity contribution in [2.75, 3.05) is 0 Å². The number of rotatable bonds is 2. The van der Waals surface area contributed by atoms with Crippen LogP contribution in [-0.2, 0) is 11.8 Å². The molecule has 108 valence electrons. The SMILES string of the molecule is CC(C)(C)c1ccc(-n2nnnc2CC(F)(F)F)cc1. The zero-order chi connectivity index (χ0) is 15.0. The Bertz CT molecular complexity index is 579. The Morgan fingerprint density at radius 1 is 1.05 bits per heavy atom. The molecule has 4 nitrogen and oxygen atoms in total. The largest absolute Gasteiger partial charge is 0.396 e. The summed E-state index contributed by atoms with van der Waals surface area (Å²) in [6.45, 7) is 6.19. The molecule has 0 amide bonds. The first-order valence-electron chi connectivity index (χ1n) is 6.12. The number of halogens is 3. The molecule has 1 aromatic heterocycles. The van der Waals surface area contributed by atoms with Crippen molar-refractivity contribution in [1.29, 1.82) is 0 Å². The van der Waals surface area contributed by atoms with E-state index in [9.17, 15) is 13.2 Å². The van der Waals surface area contributed by atoms with E-state index in [0.29, 0.717) is 5.69 Å². The molecule has 2 rings (SSSR count). The Balaban J connectivity index is 2.31. The molecule has 0 radical (unpaired) electrons. The van der Waals surface area contributed by atoms with E-state index in [1.807, 2.05) is 12.1 Å².